The number of phenolic OH excluding ortho intramolecular Hbond substituents is 6. The van der Waals surface area contributed by atoms with E-state index in [0.29, 0.717) is 23.0 Å². The summed E-state index contributed by atoms with van der Waals surface area (Å²) >= 11 is 0. The highest BCUT2D eigenvalue weighted by atomic mass is 16.3. The topological polar surface area (TPSA) is 121 Å². The lowest BCUT2D eigenvalue weighted by atomic mass is 9.42. The average Bonchev–Trinajstić information content (AvgIpc) is 2.66. The van der Waals surface area contributed by atoms with Crippen molar-refractivity contribution in [1.29, 1.82) is 0 Å². The summed E-state index contributed by atoms with van der Waals surface area (Å²) < 4.78 is 0. The number of rotatable bonds is 2. The van der Waals surface area contributed by atoms with E-state index in [1.807, 2.05) is 0 Å². The fourth-order valence-electron chi connectivity index (χ4n) is 6.76. The molecule has 0 spiro atoms. The van der Waals surface area contributed by atoms with E-state index < -0.39 is 28.4 Å². The Labute approximate surface area is 162 Å². The van der Waals surface area contributed by atoms with Gasteiger partial charge in [0.25, 0.3) is 0 Å². The Balaban J connectivity index is 1.83. The zero-order chi connectivity index (χ0) is 19.8. The lowest BCUT2D eigenvalue weighted by Gasteiger charge is -2.62. The van der Waals surface area contributed by atoms with Gasteiger partial charge in [-0.1, -0.05) is 12.1 Å². The van der Waals surface area contributed by atoms with Gasteiger partial charge in [-0.05, 0) is 67.9 Å². The summed E-state index contributed by atoms with van der Waals surface area (Å²) in [4.78, 5) is 0. The molecule has 4 saturated carbocycles. The molecule has 0 aliphatic heterocycles. The van der Waals surface area contributed by atoms with Crippen molar-refractivity contribution in [3.05, 3.63) is 35.4 Å². The van der Waals surface area contributed by atoms with Crippen LogP contribution in [0.3, 0.4) is 0 Å². The molecule has 6 N–H and O–H groups in total. The lowest BCUT2D eigenvalue weighted by Crippen LogP contribution is -2.56. The molecule has 4 fully saturated rings. The van der Waals surface area contributed by atoms with Crippen molar-refractivity contribution in [2.75, 3.05) is 0 Å². The van der Waals surface area contributed by atoms with Gasteiger partial charge in [-0.15, -0.1) is 0 Å². The summed E-state index contributed by atoms with van der Waals surface area (Å²) in [5.74, 6) is -1.29. The van der Waals surface area contributed by atoms with Gasteiger partial charge in [0, 0.05) is 16.5 Å². The molecule has 0 radical (unpaired) electrons. The van der Waals surface area contributed by atoms with Crippen LogP contribution in [0.15, 0.2) is 24.3 Å². The van der Waals surface area contributed by atoms with Gasteiger partial charge < -0.3 is 30.6 Å². The summed E-state index contributed by atoms with van der Waals surface area (Å²) in [7, 11) is 0. The quantitative estimate of drug-likeness (QED) is 0.440. The van der Waals surface area contributed by atoms with Crippen molar-refractivity contribution >= 4 is 0 Å². The Morgan fingerprint density at radius 1 is 0.536 bits per heavy atom. The number of benzene rings is 2. The first-order valence-corrected chi connectivity index (χ1v) is 9.82. The molecule has 4 aliphatic rings. The van der Waals surface area contributed by atoms with E-state index in [1.54, 1.807) is 12.1 Å². The van der Waals surface area contributed by atoms with Crippen LogP contribution in [0, 0.1) is 23.7 Å². The van der Waals surface area contributed by atoms with Crippen molar-refractivity contribution in [3.63, 3.8) is 0 Å². The zero-order valence-electron chi connectivity index (χ0n) is 15.3. The van der Waals surface area contributed by atoms with Crippen molar-refractivity contribution in [2.45, 2.75) is 37.5 Å². The Kier molecular flexibility index (Phi) is 3.49. The molecule has 0 atom stereocenters. The second-order valence-electron chi connectivity index (χ2n) is 8.83. The van der Waals surface area contributed by atoms with Gasteiger partial charge >= 0.3 is 0 Å². The molecule has 148 valence electrons. The first kappa shape index (κ1) is 17.3. The van der Waals surface area contributed by atoms with Crippen molar-refractivity contribution in [3.8, 4) is 34.5 Å². The Hall–Kier alpha value is -2.76. The molecule has 2 aromatic carbocycles. The SMILES string of the molecule is Oc1ccc(C2(c3ccc(O)c(O)c3O)C3CC4CC(C3)CC2C4)c(O)c1O. The summed E-state index contributed by atoms with van der Waals surface area (Å²) in [6.45, 7) is 0. The molecule has 6 rings (SSSR count). The Morgan fingerprint density at radius 3 is 1.32 bits per heavy atom. The monoisotopic (exact) mass is 384 g/mol. The first-order chi connectivity index (χ1) is 13.3. The van der Waals surface area contributed by atoms with Crippen LogP contribution in [-0.4, -0.2) is 30.6 Å². The van der Waals surface area contributed by atoms with Crippen LogP contribution in [0.1, 0.15) is 43.2 Å². The third-order valence-corrected chi connectivity index (χ3v) is 7.58. The average molecular weight is 384 g/mol. The van der Waals surface area contributed by atoms with Crippen LogP contribution in [0.2, 0.25) is 0 Å². The molecule has 0 saturated heterocycles. The van der Waals surface area contributed by atoms with Gasteiger partial charge in [0.15, 0.2) is 23.0 Å². The molecule has 4 bridgehead atoms. The van der Waals surface area contributed by atoms with Crippen molar-refractivity contribution in [2.24, 2.45) is 23.7 Å². The number of hydrogen-bond acceptors (Lipinski definition) is 6. The van der Waals surface area contributed by atoms with E-state index in [1.165, 1.54) is 18.6 Å². The number of phenols is 6. The van der Waals surface area contributed by atoms with E-state index in [9.17, 15) is 30.6 Å². The molecule has 6 heteroatoms. The largest absolute Gasteiger partial charge is 0.504 e. The van der Waals surface area contributed by atoms with Crippen LogP contribution in [0.4, 0.5) is 0 Å². The molecular weight excluding hydrogens is 360 g/mol. The van der Waals surface area contributed by atoms with Crippen molar-refractivity contribution in [1.82, 2.24) is 0 Å². The van der Waals surface area contributed by atoms with Gasteiger partial charge in [-0.3, -0.25) is 0 Å². The second kappa shape index (κ2) is 5.63. The minimum absolute atomic E-state index is 0.119. The maximum Gasteiger partial charge on any atom is 0.200 e. The third-order valence-electron chi connectivity index (χ3n) is 7.58. The number of hydrogen-bond donors (Lipinski definition) is 6. The van der Waals surface area contributed by atoms with Crippen LogP contribution < -0.4 is 0 Å². The Bertz CT molecular complexity index is 878. The number of aromatic hydroxyl groups is 6. The van der Waals surface area contributed by atoms with Gasteiger partial charge in [-0.25, -0.2) is 0 Å². The van der Waals surface area contributed by atoms with Crippen molar-refractivity contribution < 1.29 is 30.6 Å². The van der Waals surface area contributed by atoms with Crippen LogP contribution in [0.25, 0.3) is 0 Å². The van der Waals surface area contributed by atoms with E-state index in [-0.39, 0.29) is 23.3 Å². The molecule has 4 aliphatic carbocycles. The highest BCUT2D eigenvalue weighted by Gasteiger charge is 2.60. The summed E-state index contributed by atoms with van der Waals surface area (Å²) in [5, 5.41) is 61.7. The molecule has 0 heterocycles. The zero-order valence-corrected chi connectivity index (χ0v) is 15.3. The molecule has 28 heavy (non-hydrogen) atoms. The van der Waals surface area contributed by atoms with Crippen LogP contribution in [-0.2, 0) is 5.41 Å². The molecule has 0 aromatic heterocycles. The highest BCUT2D eigenvalue weighted by molar-refractivity contribution is 5.64. The van der Waals surface area contributed by atoms with Gasteiger partial charge in [-0.2, -0.15) is 0 Å². The minimum atomic E-state index is -0.808. The van der Waals surface area contributed by atoms with E-state index in [2.05, 4.69) is 0 Å². The van der Waals surface area contributed by atoms with Crippen LogP contribution in [0.5, 0.6) is 34.5 Å². The summed E-state index contributed by atoms with van der Waals surface area (Å²) in [6, 6.07) is 5.93. The predicted molar refractivity (Wildman–Crippen MR) is 101 cm³/mol. The predicted octanol–water partition coefficient (Wildman–Crippen LogP) is 3.66. The van der Waals surface area contributed by atoms with E-state index >= 15 is 0 Å². The first-order valence-electron chi connectivity index (χ1n) is 9.82. The fraction of sp³-hybridized carbons (Fsp3) is 0.455. The van der Waals surface area contributed by atoms with Gasteiger partial charge in [0.05, 0.1) is 0 Å². The molecular formula is C22H24O6. The fourth-order valence-corrected chi connectivity index (χ4v) is 6.76. The summed E-state index contributed by atoms with van der Waals surface area (Å²) in [6.07, 6.45) is 4.97. The van der Waals surface area contributed by atoms with E-state index in [4.69, 9.17) is 0 Å². The summed E-state index contributed by atoms with van der Waals surface area (Å²) in [5.41, 5.74) is 0.103. The molecule has 0 unspecified atom stereocenters. The maximum atomic E-state index is 10.8. The van der Waals surface area contributed by atoms with Gasteiger partial charge in [0.2, 0.25) is 11.5 Å². The molecule has 0 amide bonds. The van der Waals surface area contributed by atoms with Crippen LogP contribution >= 0.6 is 0 Å². The minimum Gasteiger partial charge on any atom is -0.504 e. The molecule has 2 aromatic rings. The smallest absolute Gasteiger partial charge is 0.200 e. The Morgan fingerprint density at radius 2 is 0.929 bits per heavy atom. The van der Waals surface area contributed by atoms with Gasteiger partial charge in [0.1, 0.15) is 0 Å². The van der Waals surface area contributed by atoms with E-state index in [0.717, 1.165) is 25.7 Å². The maximum absolute atomic E-state index is 10.8. The highest BCUT2D eigenvalue weighted by Crippen LogP contribution is 2.68. The molecule has 6 nitrogen and oxygen atoms in total. The second-order valence-corrected chi connectivity index (χ2v) is 8.83. The normalized spacial score (nSPS) is 29.9. The third kappa shape index (κ3) is 2.03. The standard InChI is InChI=1S/C22H24O6/c23-16-3-1-14(18(25)20(16)27)22(15-2-4-17(24)21(28)19(15)26)12-6-10-5-11(8-12)9-13(22)7-10/h1-4,10-13,23-28H,5-9H2. The lowest BCUT2D eigenvalue weighted by molar-refractivity contribution is -0.0436.